The normalized spacial score (nSPS) is 11.2. The van der Waals surface area contributed by atoms with Gasteiger partial charge in [-0.25, -0.2) is 4.99 Å². The van der Waals surface area contributed by atoms with Gasteiger partial charge in [-0.3, -0.25) is 0 Å². The minimum Gasteiger partial charge on any atom is -0.370 e. The van der Waals surface area contributed by atoms with Crippen molar-refractivity contribution in [3.8, 4) is 0 Å². The van der Waals surface area contributed by atoms with Crippen molar-refractivity contribution in [3.63, 3.8) is 0 Å². The van der Waals surface area contributed by atoms with Gasteiger partial charge in [-0.15, -0.1) is 30.6 Å². The van der Waals surface area contributed by atoms with Crippen molar-refractivity contribution in [3.05, 3.63) is 30.2 Å². The zero-order chi connectivity index (χ0) is 13.4. The van der Waals surface area contributed by atoms with Crippen LogP contribution in [-0.4, -0.2) is 17.7 Å². The lowest BCUT2D eigenvalue weighted by Gasteiger charge is -2.05. The molecule has 0 bridgehead atoms. The third-order valence-corrected chi connectivity index (χ3v) is 2.81. The summed E-state index contributed by atoms with van der Waals surface area (Å²) in [6, 6.07) is 1.96. The van der Waals surface area contributed by atoms with Crippen LogP contribution >= 0.6 is 24.0 Å². The smallest absolute Gasteiger partial charge is 0.189 e. The topological polar surface area (TPSA) is 76.4 Å². The molecule has 1 aromatic heterocycles. The molecular weight excluding hydrogens is 355 g/mol. The van der Waals surface area contributed by atoms with E-state index in [2.05, 4.69) is 35.9 Å². The Balaban J connectivity index is 0.00000324. The van der Waals surface area contributed by atoms with Gasteiger partial charge in [-0.2, -0.15) is 0 Å². The Bertz CT molecular complexity index is 399. The van der Waals surface area contributed by atoms with Crippen molar-refractivity contribution in [2.24, 2.45) is 10.7 Å². The van der Waals surface area contributed by atoms with Gasteiger partial charge in [-0.1, -0.05) is 25.1 Å². The van der Waals surface area contributed by atoms with E-state index in [9.17, 15) is 0 Å². The Hall–Kier alpha value is -1.05. The van der Waals surface area contributed by atoms with Crippen LogP contribution in [-0.2, 0) is 6.54 Å². The third kappa shape index (κ3) is 6.09. The molecule has 1 rings (SSSR count). The van der Waals surface area contributed by atoms with Crippen LogP contribution in [0.5, 0.6) is 0 Å². The second-order valence-electron chi connectivity index (χ2n) is 4.10. The fourth-order valence-corrected chi connectivity index (χ4v) is 1.70. The highest BCUT2D eigenvalue weighted by Gasteiger charge is 2.12. The van der Waals surface area contributed by atoms with E-state index in [-0.39, 0.29) is 24.0 Å². The molecular formula is C13H23IN4O. The Kier molecular flexibility index (Phi) is 9.28. The largest absolute Gasteiger partial charge is 0.370 e. The average Bonchev–Trinajstić information content (AvgIpc) is 2.84. The number of hydrogen-bond acceptors (Lipinski definition) is 3. The number of aromatic nitrogens is 1. The maximum atomic E-state index is 5.66. The van der Waals surface area contributed by atoms with E-state index >= 15 is 0 Å². The van der Waals surface area contributed by atoms with Crippen LogP contribution in [0, 0.1) is 0 Å². The maximum absolute atomic E-state index is 5.66. The molecule has 1 aromatic rings. The van der Waals surface area contributed by atoms with Gasteiger partial charge >= 0.3 is 0 Å². The number of aliphatic imine (C=N–C) groups is 1. The Labute approximate surface area is 131 Å². The lowest BCUT2D eigenvalue weighted by molar-refractivity contribution is 0.372. The first-order valence-electron chi connectivity index (χ1n) is 6.31. The van der Waals surface area contributed by atoms with Crippen LogP contribution in [0.1, 0.15) is 44.1 Å². The highest BCUT2D eigenvalue weighted by atomic mass is 127. The minimum absolute atomic E-state index is 0. The number of rotatable bonds is 7. The molecule has 0 saturated carbocycles. The van der Waals surface area contributed by atoms with Crippen molar-refractivity contribution < 1.29 is 4.52 Å². The molecule has 3 N–H and O–H groups in total. The predicted octanol–water partition coefficient (Wildman–Crippen LogP) is 2.79. The number of nitrogens with one attached hydrogen (secondary N) is 1. The second-order valence-corrected chi connectivity index (χ2v) is 4.10. The van der Waals surface area contributed by atoms with Crippen LogP contribution in [0.3, 0.4) is 0 Å². The van der Waals surface area contributed by atoms with Gasteiger partial charge in [0.15, 0.2) is 11.7 Å². The molecule has 5 nitrogen and oxygen atoms in total. The number of hydrogen-bond donors (Lipinski definition) is 2. The van der Waals surface area contributed by atoms with Crippen molar-refractivity contribution in [1.29, 1.82) is 0 Å². The summed E-state index contributed by atoms with van der Waals surface area (Å²) in [7, 11) is 0. The van der Waals surface area contributed by atoms with Crippen LogP contribution in [0.15, 0.2) is 28.2 Å². The van der Waals surface area contributed by atoms with Gasteiger partial charge in [0.2, 0.25) is 0 Å². The molecule has 0 aliphatic rings. The van der Waals surface area contributed by atoms with Gasteiger partial charge in [-0.05, 0) is 12.8 Å². The molecule has 0 atom stereocenters. The van der Waals surface area contributed by atoms with Crippen molar-refractivity contribution in [2.75, 3.05) is 6.54 Å². The number of nitrogens with two attached hydrogens (primary N) is 1. The standard InChI is InChI=1S/C13H22N4O.HI/c1-4-7-15-13(14)16-9-11-8-12(17-18-11)10(5-2)6-3;/h4,8,10H,1,5-7,9H2,2-3H3,(H3,14,15,16);1H. The average molecular weight is 378 g/mol. The monoisotopic (exact) mass is 378 g/mol. The van der Waals surface area contributed by atoms with Gasteiger partial charge in [0, 0.05) is 18.5 Å². The fraction of sp³-hybridized carbons (Fsp3) is 0.538. The summed E-state index contributed by atoms with van der Waals surface area (Å²) >= 11 is 0. The summed E-state index contributed by atoms with van der Waals surface area (Å²) in [6.45, 7) is 8.90. The predicted molar refractivity (Wildman–Crippen MR) is 88.8 cm³/mol. The van der Waals surface area contributed by atoms with Gasteiger partial charge in [0.05, 0.1) is 5.69 Å². The summed E-state index contributed by atoms with van der Waals surface area (Å²) < 4.78 is 5.24. The van der Waals surface area contributed by atoms with E-state index in [1.807, 2.05) is 6.07 Å². The molecule has 0 aliphatic heterocycles. The van der Waals surface area contributed by atoms with Crippen molar-refractivity contribution in [1.82, 2.24) is 10.5 Å². The fourth-order valence-electron chi connectivity index (χ4n) is 1.70. The Morgan fingerprint density at radius 2 is 2.26 bits per heavy atom. The quantitative estimate of drug-likeness (QED) is 0.331. The zero-order valence-corrected chi connectivity index (χ0v) is 13.9. The molecule has 0 radical (unpaired) electrons. The first-order chi connectivity index (χ1) is 8.71. The summed E-state index contributed by atoms with van der Waals surface area (Å²) in [4.78, 5) is 4.16. The summed E-state index contributed by atoms with van der Waals surface area (Å²) in [5.41, 5.74) is 6.66. The number of guanidine groups is 1. The highest BCUT2D eigenvalue weighted by Crippen LogP contribution is 2.22. The SMILES string of the molecule is C=CCNC(N)=NCc1cc(C(CC)CC)no1.I. The second kappa shape index (κ2) is 9.82. The lowest BCUT2D eigenvalue weighted by atomic mass is 9.99. The Morgan fingerprint density at radius 3 is 2.84 bits per heavy atom. The van der Waals surface area contributed by atoms with E-state index in [0.29, 0.717) is 25.0 Å². The first kappa shape index (κ1) is 17.9. The summed E-state index contributed by atoms with van der Waals surface area (Å²) in [6.07, 6.45) is 3.85. The van der Waals surface area contributed by atoms with E-state index < -0.39 is 0 Å². The van der Waals surface area contributed by atoms with Gasteiger partial charge < -0.3 is 15.6 Å². The van der Waals surface area contributed by atoms with Gasteiger partial charge in [0.25, 0.3) is 0 Å². The molecule has 19 heavy (non-hydrogen) atoms. The molecule has 0 amide bonds. The van der Waals surface area contributed by atoms with E-state index in [1.165, 1.54) is 0 Å². The zero-order valence-electron chi connectivity index (χ0n) is 11.6. The molecule has 0 saturated heterocycles. The van der Waals surface area contributed by atoms with E-state index in [0.717, 1.165) is 24.3 Å². The third-order valence-electron chi connectivity index (χ3n) is 2.81. The molecule has 0 aromatic carbocycles. The molecule has 1 heterocycles. The van der Waals surface area contributed by atoms with Gasteiger partial charge in [0.1, 0.15) is 6.54 Å². The number of halogens is 1. The molecule has 0 spiro atoms. The molecule has 0 fully saturated rings. The molecule has 0 unspecified atom stereocenters. The molecule has 108 valence electrons. The van der Waals surface area contributed by atoms with E-state index in [1.54, 1.807) is 6.08 Å². The summed E-state index contributed by atoms with van der Waals surface area (Å²) in [5.74, 6) is 1.58. The van der Waals surface area contributed by atoms with Crippen molar-refractivity contribution >= 4 is 29.9 Å². The number of nitrogens with zero attached hydrogens (tertiary/aromatic N) is 2. The summed E-state index contributed by atoms with van der Waals surface area (Å²) in [5, 5.41) is 6.98. The molecule has 0 aliphatic carbocycles. The van der Waals surface area contributed by atoms with E-state index in [4.69, 9.17) is 10.3 Å². The molecule has 6 heteroatoms. The minimum atomic E-state index is 0. The maximum Gasteiger partial charge on any atom is 0.189 e. The lowest BCUT2D eigenvalue weighted by Crippen LogP contribution is -2.31. The van der Waals surface area contributed by atoms with Crippen LogP contribution in [0.4, 0.5) is 0 Å². The van der Waals surface area contributed by atoms with Crippen LogP contribution < -0.4 is 11.1 Å². The van der Waals surface area contributed by atoms with Crippen molar-refractivity contribution in [2.45, 2.75) is 39.2 Å². The van der Waals surface area contributed by atoms with Crippen LogP contribution in [0.2, 0.25) is 0 Å². The Morgan fingerprint density at radius 1 is 1.58 bits per heavy atom. The first-order valence-corrected chi connectivity index (χ1v) is 6.31. The van der Waals surface area contributed by atoms with Crippen LogP contribution in [0.25, 0.3) is 0 Å². The highest BCUT2D eigenvalue weighted by molar-refractivity contribution is 14.0.